The van der Waals surface area contributed by atoms with E-state index in [4.69, 9.17) is 10.5 Å². The van der Waals surface area contributed by atoms with Gasteiger partial charge in [-0.05, 0) is 24.1 Å². The third-order valence-electron chi connectivity index (χ3n) is 2.46. The van der Waals surface area contributed by atoms with Crippen molar-refractivity contribution >= 4 is 0 Å². The van der Waals surface area contributed by atoms with Crippen LogP contribution in [0.5, 0.6) is 5.75 Å². The fraction of sp³-hybridized carbons (Fsp3) is 0.538. The monoisotopic (exact) mass is 225 g/mol. The van der Waals surface area contributed by atoms with Crippen LogP contribution in [0.15, 0.2) is 24.3 Å². The van der Waals surface area contributed by atoms with Crippen LogP contribution in [-0.4, -0.2) is 18.3 Å². The molecule has 3 heteroatoms. The molecule has 0 spiro atoms. The SMILES string of the molecule is C.CCC[C@H](N)[C@H](O)c1cccc(OC)c1. The number of benzene rings is 1. The van der Waals surface area contributed by atoms with Crippen LogP contribution in [-0.2, 0) is 0 Å². The molecule has 0 aliphatic heterocycles. The Morgan fingerprint density at radius 2 is 2.12 bits per heavy atom. The molecule has 0 saturated heterocycles. The van der Waals surface area contributed by atoms with Crippen LogP contribution in [0, 0.1) is 0 Å². The Kier molecular flexibility index (Phi) is 6.77. The van der Waals surface area contributed by atoms with Gasteiger partial charge in [0, 0.05) is 6.04 Å². The summed E-state index contributed by atoms with van der Waals surface area (Å²) in [6, 6.07) is 7.18. The van der Waals surface area contributed by atoms with E-state index in [0.29, 0.717) is 0 Å². The fourth-order valence-electron chi connectivity index (χ4n) is 1.56. The van der Waals surface area contributed by atoms with E-state index in [1.54, 1.807) is 7.11 Å². The minimum atomic E-state index is -0.611. The molecule has 92 valence electrons. The molecule has 16 heavy (non-hydrogen) atoms. The first kappa shape index (κ1) is 14.9. The van der Waals surface area contributed by atoms with E-state index >= 15 is 0 Å². The van der Waals surface area contributed by atoms with Crippen molar-refractivity contribution in [2.24, 2.45) is 5.73 Å². The highest BCUT2D eigenvalue weighted by Gasteiger charge is 2.16. The molecule has 0 bridgehead atoms. The number of aliphatic hydroxyl groups is 1. The normalized spacial score (nSPS) is 13.8. The molecule has 0 amide bonds. The quantitative estimate of drug-likeness (QED) is 0.809. The second-order valence-electron chi connectivity index (χ2n) is 3.67. The van der Waals surface area contributed by atoms with Gasteiger partial charge in [0.15, 0.2) is 0 Å². The Morgan fingerprint density at radius 1 is 1.44 bits per heavy atom. The average molecular weight is 225 g/mol. The first-order chi connectivity index (χ1) is 7.19. The zero-order valence-corrected chi connectivity index (χ0v) is 9.31. The molecule has 0 aliphatic rings. The topological polar surface area (TPSA) is 55.5 Å². The van der Waals surface area contributed by atoms with Gasteiger partial charge in [-0.1, -0.05) is 32.9 Å². The van der Waals surface area contributed by atoms with E-state index in [1.807, 2.05) is 24.3 Å². The molecule has 2 atom stereocenters. The summed E-state index contributed by atoms with van der Waals surface area (Å²) in [5, 5.41) is 9.96. The summed E-state index contributed by atoms with van der Waals surface area (Å²) in [7, 11) is 1.61. The fourth-order valence-corrected chi connectivity index (χ4v) is 1.56. The molecule has 0 aromatic heterocycles. The van der Waals surface area contributed by atoms with Crippen LogP contribution in [0.1, 0.15) is 38.9 Å². The molecule has 0 radical (unpaired) electrons. The molecule has 0 unspecified atom stereocenters. The van der Waals surface area contributed by atoms with Crippen molar-refractivity contribution in [2.45, 2.75) is 39.3 Å². The highest BCUT2D eigenvalue weighted by atomic mass is 16.5. The maximum atomic E-state index is 9.96. The maximum absolute atomic E-state index is 9.96. The molecular weight excluding hydrogens is 202 g/mol. The van der Waals surface area contributed by atoms with E-state index < -0.39 is 6.10 Å². The van der Waals surface area contributed by atoms with Gasteiger partial charge in [0.2, 0.25) is 0 Å². The van der Waals surface area contributed by atoms with Crippen LogP contribution >= 0.6 is 0 Å². The minimum absolute atomic E-state index is 0. The molecule has 0 heterocycles. The van der Waals surface area contributed by atoms with Gasteiger partial charge >= 0.3 is 0 Å². The molecule has 0 fully saturated rings. The Balaban J connectivity index is 0.00000225. The van der Waals surface area contributed by atoms with Gasteiger partial charge in [-0.2, -0.15) is 0 Å². The Morgan fingerprint density at radius 3 is 2.69 bits per heavy atom. The third kappa shape index (κ3) is 3.83. The van der Waals surface area contributed by atoms with Crippen LogP contribution < -0.4 is 10.5 Å². The third-order valence-corrected chi connectivity index (χ3v) is 2.46. The lowest BCUT2D eigenvalue weighted by Crippen LogP contribution is -2.28. The van der Waals surface area contributed by atoms with Gasteiger partial charge in [-0.15, -0.1) is 0 Å². The number of hydrogen-bond acceptors (Lipinski definition) is 3. The highest BCUT2D eigenvalue weighted by molar-refractivity contribution is 5.30. The molecule has 1 aromatic rings. The summed E-state index contributed by atoms with van der Waals surface area (Å²) in [6.45, 7) is 2.05. The van der Waals surface area contributed by atoms with Gasteiger partial charge in [-0.25, -0.2) is 0 Å². The lowest BCUT2D eigenvalue weighted by Gasteiger charge is -2.18. The summed E-state index contributed by atoms with van der Waals surface area (Å²) in [4.78, 5) is 0. The van der Waals surface area contributed by atoms with Crippen LogP contribution in [0.2, 0.25) is 0 Å². The zero-order valence-electron chi connectivity index (χ0n) is 9.31. The van der Waals surface area contributed by atoms with E-state index in [9.17, 15) is 5.11 Å². The first-order valence-corrected chi connectivity index (χ1v) is 5.26. The molecule has 0 aliphatic carbocycles. The van der Waals surface area contributed by atoms with E-state index in [2.05, 4.69) is 6.92 Å². The van der Waals surface area contributed by atoms with Crippen molar-refractivity contribution < 1.29 is 9.84 Å². The zero-order chi connectivity index (χ0) is 11.3. The van der Waals surface area contributed by atoms with Gasteiger partial charge in [0.1, 0.15) is 5.75 Å². The van der Waals surface area contributed by atoms with Crippen molar-refractivity contribution in [3.8, 4) is 5.75 Å². The van der Waals surface area contributed by atoms with Crippen molar-refractivity contribution in [1.82, 2.24) is 0 Å². The number of aliphatic hydroxyl groups excluding tert-OH is 1. The Bertz CT molecular complexity index is 302. The van der Waals surface area contributed by atoms with Crippen LogP contribution in [0.3, 0.4) is 0 Å². The van der Waals surface area contributed by atoms with Crippen molar-refractivity contribution in [2.75, 3.05) is 7.11 Å². The van der Waals surface area contributed by atoms with Crippen LogP contribution in [0.25, 0.3) is 0 Å². The molecule has 0 saturated carbocycles. The maximum Gasteiger partial charge on any atom is 0.119 e. The van der Waals surface area contributed by atoms with E-state index in [-0.39, 0.29) is 13.5 Å². The molecule has 1 rings (SSSR count). The first-order valence-electron chi connectivity index (χ1n) is 5.26. The van der Waals surface area contributed by atoms with Crippen molar-refractivity contribution in [1.29, 1.82) is 0 Å². The van der Waals surface area contributed by atoms with Gasteiger partial charge < -0.3 is 15.6 Å². The number of hydrogen-bond donors (Lipinski definition) is 2. The number of nitrogens with two attached hydrogens (primary N) is 1. The largest absolute Gasteiger partial charge is 0.497 e. The van der Waals surface area contributed by atoms with Gasteiger partial charge in [0.25, 0.3) is 0 Å². The number of methoxy groups -OCH3 is 1. The summed E-state index contributed by atoms with van der Waals surface area (Å²) >= 11 is 0. The Hall–Kier alpha value is -1.06. The smallest absolute Gasteiger partial charge is 0.119 e. The molecular formula is C13H23NO2. The summed E-state index contributed by atoms with van der Waals surface area (Å²) in [6.07, 6.45) is 1.18. The predicted octanol–water partition coefficient (Wildman–Crippen LogP) is 2.49. The summed E-state index contributed by atoms with van der Waals surface area (Å²) in [5.41, 5.74) is 6.68. The lowest BCUT2D eigenvalue weighted by atomic mass is 9.99. The minimum Gasteiger partial charge on any atom is -0.497 e. The summed E-state index contributed by atoms with van der Waals surface area (Å²) in [5.74, 6) is 0.746. The molecule has 3 nitrogen and oxygen atoms in total. The van der Waals surface area contributed by atoms with Crippen molar-refractivity contribution in [3.63, 3.8) is 0 Å². The summed E-state index contributed by atoms with van der Waals surface area (Å²) < 4.78 is 5.09. The average Bonchev–Trinajstić information content (AvgIpc) is 2.28. The number of ether oxygens (including phenoxy) is 1. The van der Waals surface area contributed by atoms with Crippen molar-refractivity contribution in [3.05, 3.63) is 29.8 Å². The van der Waals surface area contributed by atoms with Gasteiger partial charge in [-0.3, -0.25) is 0 Å². The molecule has 1 aromatic carbocycles. The Labute approximate surface area is 98.2 Å². The van der Waals surface area contributed by atoms with E-state index in [0.717, 1.165) is 24.2 Å². The molecule has 3 N–H and O–H groups in total. The van der Waals surface area contributed by atoms with E-state index in [1.165, 1.54) is 0 Å². The van der Waals surface area contributed by atoms with Crippen LogP contribution in [0.4, 0.5) is 0 Å². The second-order valence-corrected chi connectivity index (χ2v) is 3.67. The highest BCUT2D eigenvalue weighted by Crippen LogP contribution is 2.22. The van der Waals surface area contributed by atoms with Gasteiger partial charge in [0.05, 0.1) is 13.2 Å². The number of rotatable bonds is 5. The standard InChI is InChI=1S/C12H19NO2.CH4/c1-3-5-11(13)12(14)9-6-4-7-10(8-9)15-2;/h4,6-8,11-12,14H,3,5,13H2,1-2H3;1H4/t11-,12+;/m0./s1. The second kappa shape index (κ2) is 7.25. The lowest BCUT2D eigenvalue weighted by molar-refractivity contribution is 0.141. The predicted molar refractivity (Wildman–Crippen MR) is 67.6 cm³/mol.